The third kappa shape index (κ3) is 3.87. The highest BCUT2D eigenvalue weighted by molar-refractivity contribution is 7.15. The van der Waals surface area contributed by atoms with E-state index in [0.29, 0.717) is 5.13 Å². The van der Waals surface area contributed by atoms with E-state index in [-0.39, 0.29) is 5.57 Å². The number of carbonyl (C=O) groups is 1. The maximum atomic E-state index is 12.1. The molecule has 5 nitrogen and oxygen atoms in total. The SMILES string of the molecule is C=Cc1cccc(C=C(C#N)C(=O)Nc2nnc(CC)s2)c1. The number of aryl methyl sites for hydroxylation is 1. The molecule has 1 heterocycles. The second-order valence-electron chi connectivity index (χ2n) is 4.35. The van der Waals surface area contributed by atoms with E-state index in [1.54, 1.807) is 6.08 Å². The normalized spacial score (nSPS) is 10.8. The molecule has 0 aliphatic rings. The minimum atomic E-state index is -0.495. The summed E-state index contributed by atoms with van der Waals surface area (Å²) in [6.07, 6.45) is 3.99. The van der Waals surface area contributed by atoms with Crippen LogP contribution < -0.4 is 5.32 Å². The summed E-state index contributed by atoms with van der Waals surface area (Å²) < 4.78 is 0. The molecular weight excluding hydrogens is 296 g/mol. The van der Waals surface area contributed by atoms with Gasteiger partial charge in [0.1, 0.15) is 16.6 Å². The van der Waals surface area contributed by atoms with Crippen LogP contribution in [0.25, 0.3) is 12.2 Å². The molecule has 2 aromatic rings. The van der Waals surface area contributed by atoms with E-state index in [1.807, 2.05) is 37.3 Å². The standard InChI is InChI=1S/C16H14N4OS/c1-3-11-6-5-7-12(8-11)9-13(10-17)15(21)18-16-20-19-14(4-2)22-16/h3,5-9H,1,4H2,2H3,(H,18,20,21). The van der Waals surface area contributed by atoms with E-state index in [9.17, 15) is 10.1 Å². The first kappa shape index (κ1) is 15.6. The van der Waals surface area contributed by atoms with Crippen molar-refractivity contribution in [3.05, 3.63) is 52.6 Å². The first-order chi connectivity index (χ1) is 10.7. The molecule has 1 N–H and O–H groups in total. The summed E-state index contributed by atoms with van der Waals surface area (Å²) in [5, 5.41) is 20.8. The van der Waals surface area contributed by atoms with Gasteiger partial charge in [-0.1, -0.05) is 49.1 Å². The van der Waals surface area contributed by atoms with Crippen LogP contribution in [-0.4, -0.2) is 16.1 Å². The van der Waals surface area contributed by atoms with Gasteiger partial charge in [-0.25, -0.2) is 0 Å². The average Bonchev–Trinajstić information content (AvgIpc) is 3.00. The predicted molar refractivity (Wildman–Crippen MR) is 88.0 cm³/mol. The molecule has 0 saturated carbocycles. The fourth-order valence-electron chi connectivity index (χ4n) is 1.70. The summed E-state index contributed by atoms with van der Waals surface area (Å²) in [7, 11) is 0. The molecule has 0 saturated heterocycles. The molecule has 0 radical (unpaired) electrons. The number of anilines is 1. The largest absolute Gasteiger partial charge is 0.296 e. The quantitative estimate of drug-likeness (QED) is 0.679. The molecule has 6 heteroatoms. The highest BCUT2D eigenvalue weighted by atomic mass is 32.1. The Bertz CT molecular complexity index is 770. The lowest BCUT2D eigenvalue weighted by molar-refractivity contribution is -0.112. The zero-order valence-corrected chi connectivity index (χ0v) is 12.9. The van der Waals surface area contributed by atoms with Crippen LogP contribution >= 0.6 is 11.3 Å². The Kier molecular flexibility index (Phi) is 5.17. The van der Waals surface area contributed by atoms with Gasteiger partial charge in [0.2, 0.25) is 5.13 Å². The molecule has 0 aliphatic heterocycles. The van der Waals surface area contributed by atoms with Gasteiger partial charge < -0.3 is 0 Å². The maximum absolute atomic E-state index is 12.1. The van der Waals surface area contributed by atoms with Gasteiger partial charge in [0.15, 0.2) is 0 Å². The Labute approximate surface area is 132 Å². The average molecular weight is 310 g/mol. The monoisotopic (exact) mass is 310 g/mol. The van der Waals surface area contributed by atoms with Crippen LogP contribution in [0.5, 0.6) is 0 Å². The highest BCUT2D eigenvalue weighted by Gasteiger charge is 2.12. The zero-order valence-electron chi connectivity index (χ0n) is 12.0. The van der Waals surface area contributed by atoms with Crippen molar-refractivity contribution in [2.45, 2.75) is 13.3 Å². The summed E-state index contributed by atoms with van der Waals surface area (Å²) in [6, 6.07) is 9.30. The van der Waals surface area contributed by atoms with Crippen LogP contribution in [0.3, 0.4) is 0 Å². The molecule has 0 aliphatic carbocycles. The van der Waals surface area contributed by atoms with Crippen molar-refractivity contribution in [2.24, 2.45) is 0 Å². The minimum absolute atomic E-state index is 0.00876. The van der Waals surface area contributed by atoms with Crippen LogP contribution in [0.4, 0.5) is 5.13 Å². The van der Waals surface area contributed by atoms with Gasteiger partial charge >= 0.3 is 0 Å². The summed E-state index contributed by atoms with van der Waals surface area (Å²) >= 11 is 1.30. The number of amides is 1. The summed E-state index contributed by atoms with van der Waals surface area (Å²) in [4.78, 5) is 12.1. The van der Waals surface area contributed by atoms with Crippen molar-refractivity contribution in [3.63, 3.8) is 0 Å². The second-order valence-corrected chi connectivity index (χ2v) is 5.41. The van der Waals surface area contributed by atoms with E-state index < -0.39 is 5.91 Å². The molecule has 110 valence electrons. The van der Waals surface area contributed by atoms with Crippen molar-refractivity contribution in [3.8, 4) is 6.07 Å². The third-order valence-electron chi connectivity index (χ3n) is 2.81. The zero-order chi connectivity index (χ0) is 15.9. The fourth-order valence-corrected chi connectivity index (χ4v) is 2.38. The second kappa shape index (κ2) is 7.29. The molecule has 0 atom stereocenters. The van der Waals surface area contributed by atoms with Crippen molar-refractivity contribution in [1.29, 1.82) is 5.26 Å². The Balaban J connectivity index is 2.19. The number of aromatic nitrogens is 2. The number of benzene rings is 1. The fraction of sp³-hybridized carbons (Fsp3) is 0.125. The number of nitrogens with zero attached hydrogens (tertiary/aromatic N) is 3. The lowest BCUT2D eigenvalue weighted by Crippen LogP contribution is -2.13. The van der Waals surface area contributed by atoms with Gasteiger partial charge in [-0.05, 0) is 29.7 Å². The molecule has 1 amide bonds. The molecule has 0 unspecified atom stereocenters. The van der Waals surface area contributed by atoms with Gasteiger partial charge in [0.25, 0.3) is 5.91 Å². The van der Waals surface area contributed by atoms with E-state index in [1.165, 1.54) is 17.4 Å². The summed E-state index contributed by atoms with van der Waals surface area (Å²) in [6.45, 7) is 5.65. The van der Waals surface area contributed by atoms with Gasteiger partial charge in [-0.15, -0.1) is 10.2 Å². The Hall–Kier alpha value is -2.78. The molecule has 1 aromatic heterocycles. The Morgan fingerprint density at radius 1 is 1.45 bits per heavy atom. The van der Waals surface area contributed by atoms with Gasteiger partial charge in [0, 0.05) is 0 Å². The van der Waals surface area contributed by atoms with Crippen LogP contribution in [0.1, 0.15) is 23.1 Å². The van der Waals surface area contributed by atoms with Crippen molar-refractivity contribution in [1.82, 2.24) is 10.2 Å². The Morgan fingerprint density at radius 2 is 2.23 bits per heavy atom. The maximum Gasteiger partial charge on any atom is 0.268 e. The number of nitriles is 1. The molecule has 0 spiro atoms. The third-order valence-corrected chi connectivity index (χ3v) is 3.80. The number of carbonyl (C=O) groups excluding carboxylic acids is 1. The highest BCUT2D eigenvalue weighted by Crippen LogP contribution is 2.17. The Morgan fingerprint density at radius 3 is 2.86 bits per heavy atom. The predicted octanol–water partition coefficient (Wildman–Crippen LogP) is 3.29. The van der Waals surface area contributed by atoms with E-state index in [2.05, 4.69) is 22.1 Å². The summed E-state index contributed by atoms with van der Waals surface area (Å²) in [5.74, 6) is -0.495. The molecular formula is C16H14N4OS. The van der Waals surface area contributed by atoms with Crippen LogP contribution in [0, 0.1) is 11.3 Å². The topological polar surface area (TPSA) is 78.7 Å². The summed E-state index contributed by atoms with van der Waals surface area (Å²) in [5.41, 5.74) is 1.69. The number of hydrogen-bond acceptors (Lipinski definition) is 5. The smallest absolute Gasteiger partial charge is 0.268 e. The van der Waals surface area contributed by atoms with E-state index >= 15 is 0 Å². The van der Waals surface area contributed by atoms with Crippen LogP contribution in [0.15, 0.2) is 36.4 Å². The van der Waals surface area contributed by atoms with E-state index in [0.717, 1.165) is 22.6 Å². The molecule has 0 bridgehead atoms. The van der Waals surface area contributed by atoms with Gasteiger partial charge in [-0.3, -0.25) is 10.1 Å². The van der Waals surface area contributed by atoms with Crippen molar-refractivity contribution < 1.29 is 4.79 Å². The molecule has 0 fully saturated rings. The van der Waals surface area contributed by atoms with Crippen LogP contribution in [0.2, 0.25) is 0 Å². The van der Waals surface area contributed by atoms with Crippen molar-refractivity contribution >= 4 is 34.5 Å². The molecule has 22 heavy (non-hydrogen) atoms. The van der Waals surface area contributed by atoms with Crippen LogP contribution in [-0.2, 0) is 11.2 Å². The molecule has 1 aromatic carbocycles. The first-order valence-corrected chi connectivity index (χ1v) is 7.46. The molecule has 2 rings (SSSR count). The van der Waals surface area contributed by atoms with Gasteiger partial charge in [-0.2, -0.15) is 5.26 Å². The first-order valence-electron chi connectivity index (χ1n) is 6.64. The van der Waals surface area contributed by atoms with E-state index in [4.69, 9.17) is 0 Å². The van der Waals surface area contributed by atoms with Gasteiger partial charge in [0.05, 0.1) is 0 Å². The lowest BCUT2D eigenvalue weighted by Gasteiger charge is -2.00. The van der Waals surface area contributed by atoms with Crippen molar-refractivity contribution in [2.75, 3.05) is 5.32 Å². The number of hydrogen-bond donors (Lipinski definition) is 1. The minimum Gasteiger partial charge on any atom is -0.296 e. The lowest BCUT2D eigenvalue weighted by atomic mass is 10.1. The number of rotatable bonds is 5. The number of nitrogens with one attached hydrogen (secondary N) is 1.